The van der Waals surface area contributed by atoms with Crippen LogP contribution in [0.25, 0.3) is 0 Å². The van der Waals surface area contributed by atoms with Crippen LogP contribution in [0.1, 0.15) is 39.0 Å². The van der Waals surface area contributed by atoms with E-state index in [9.17, 15) is 9.59 Å². The molecule has 4 bridgehead atoms. The van der Waals surface area contributed by atoms with Gasteiger partial charge in [0.05, 0.1) is 18.4 Å². The molecule has 0 aromatic heterocycles. The number of carbonyl (C=O) groups is 2. The van der Waals surface area contributed by atoms with Crippen molar-refractivity contribution < 1.29 is 23.8 Å². The van der Waals surface area contributed by atoms with Gasteiger partial charge in [0.15, 0.2) is 6.79 Å². The minimum atomic E-state index is -0.414. The number of ether oxygens (including phenoxy) is 3. The van der Waals surface area contributed by atoms with E-state index in [2.05, 4.69) is 12.2 Å². The highest BCUT2D eigenvalue weighted by Gasteiger charge is 2.53. The lowest BCUT2D eigenvalue weighted by molar-refractivity contribution is -0.169. The lowest BCUT2D eigenvalue weighted by Gasteiger charge is -2.27. The molecule has 4 rings (SSSR count). The van der Waals surface area contributed by atoms with E-state index in [4.69, 9.17) is 14.2 Å². The van der Waals surface area contributed by atoms with Crippen LogP contribution in [0.5, 0.6) is 0 Å². The minimum Gasteiger partial charge on any atom is -0.465 e. The average Bonchev–Trinajstić information content (AvgIpc) is 3.39. The zero-order valence-electron chi connectivity index (χ0n) is 14.9. The molecule has 0 spiro atoms. The van der Waals surface area contributed by atoms with Gasteiger partial charge in [0.25, 0.3) is 0 Å². The van der Waals surface area contributed by atoms with Crippen molar-refractivity contribution in [3.05, 3.63) is 12.2 Å². The maximum absolute atomic E-state index is 12.7. The van der Waals surface area contributed by atoms with Crippen molar-refractivity contribution in [2.45, 2.75) is 39.0 Å². The van der Waals surface area contributed by atoms with E-state index in [0.717, 1.165) is 18.3 Å². The number of fused-ring (bicyclic) bond motifs is 4. The molecule has 3 fully saturated rings. The Bertz CT molecular complexity index is 556. The maximum Gasteiger partial charge on any atom is 0.312 e. The van der Waals surface area contributed by atoms with Crippen LogP contribution in [0.3, 0.4) is 0 Å². The van der Waals surface area contributed by atoms with Gasteiger partial charge < -0.3 is 14.2 Å². The summed E-state index contributed by atoms with van der Waals surface area (Å²) >= 11 is 0. The molecule has 0 aromatic carbocycles. The van der Waals surface area contributed by atoms with Crippen LogP contribution in [-0.2, 0) is 23.8 Å². The number of rotatable bonds is 7. The average molecular weight is 348 g/mol. The van der Waals surface area contributed by atoms with Crippen LogP contribution in [-0.4, -0.2) is 31.9 Å². The van der Waals surface area contributed by atoms with E-state index < -0.39 is 5.92 Å². The SMILES string of the molecule is CCOCOC(=O)C1C2C=CC(C2)C1C(=O)OCC1CC2CCC1C2. The van der Waals surface area contributed by atoms with Gasteiger partial charge in [0.1, 0.15) is 0 Å². The van der Waals surface area contributed by atoms with Crippen LogP contribution in [0.2, 0.25) is 0 Å². The van der Waals surface area contributed by atoms with Crippen molar-refractivity contribution in [2.24, 2.45) is 41.4 Å². The van der Waals surface area contributed by atoms with Crippen molar-refractivity contribution in [2.75, 3.05) is 20.0 Å². The standard InChI is InChI=1S/C20H28O5/c1-2-23-11-25-20(22)18-15-6-5-14(9-15)17(18)19(21)24-10-16-8-12-3-4-13(16)7-12/h5-6,12-18H,2-4,7-11H2,1H3. The number of hydrogen-bond acceptors (Lipinski definition) is 5. The van der Waals surface area contributed by atoms with Crippen molar-refractivity contribution in [1.29, 1.82) is 0 Å². The van der Waals surface area contributed by atoms with Gasteiger partial charge in [-0.2, -0.15) is 0 Å². The molecule has 4 aliphatic rings. The number of esters is 2. The predicted molar refractivity (Wildman–Crippen MR) is 90.2 cm³/mol. The fourth-order valence-electron chi connectivity index (χ4n) is 5.61. The summed E-state index contributed by atoms with van der Waals surface area (Å²) in [6.07, 6.45) is 10.1. The summed E-state index contributed by atoms with van der Waals surface area (Å²) in [5, 5.41) is 0. The molecule has 4 aliphatic carbocycles. The van der Waals surface area contributed by atoms with E-state index in [1.165, 1.54) is 25.7 Å². The minimum absolute atomic E-state index is 0.0418. The Morgan fingerprint density at radius 3 is 2.28 bits per heavy atom. The van der Waals surface area contributed by atoms with Gasteiger partial charge in [-0.1, -0.05) is 18.6 Å². The second-order valence-corrected chi connectivity index (χ2v) is 8.14. The van der Waals surface area contributed by atoms with Crippen molar-refractivity contribution in [3.8, 4) is 0 Å². The van der Waals surface area contributed by atoms with Crippen LogP contribution < -0.4 is 0 Å². The van der Waals surface area contributed by atoms with Crippen LogP contribution in [0.4, 0.5) is 0 Å². The predicted octanol–water partition coefficient (Wildman–Crippen LogP) is 2.94. The third kappa shape index (κ3) is 3.23. The molecule has 138 valence electrons. The zero-order valence-corrected chi connectivity index (χ0v) is 14.9. The summed E-state index contributed by atoms with van der Waals surface area (Å²) in [6.45, 7) is 2.83. The van der Waals surface area contributed by atoms with Crippen LogP contribution in [0.15, 0.2) is 12.2 Å². The second-order valence-electron chi connectivity index (χ2n) is 8.14. The molecule has 0 saturated heterocycles. The summed E-state index contributed by atoms with van der Waals surface area (Å²) in [5.74, 6) is 0.988. The molecule has 0 N–H and O–H groups in total. The molecule has 0 amide bonds. The number of allylic oxidation sites excluding steroid dienone is 2. The Hall–Kier alpha value is -1.36. The third-order valence-corrected chi connectivity index (χ3v) is 6.82. The molecule has 25 heavy (non-hydrogen) atoms. The molecule has 5 nitrogen and oxygen atoms in total. The lowest BCUT2D eigenvalue weighted by Crippen LogP contribution is -2.36. The van der Waals surface area contributed by atoms with Gasteiger partial charge in [-0.3, -0.25) is 9.59 Å². The largest absolute Gasteiger partial charge is 0.465 e. The molecular weight excluding hydrogens is 320 g/mol. The van der Waals surface area contributed by atoms with E-state index in [1.54, 1.807) is 0 Å². The Morgan fingerprint density at radius 1 is 0.960 bits per heavy atom. The Kier molecular flexibility index (Phi) is 4.85. The van der Waals surface area contributed by atoms with E-state index >= 15 is 0 Å². The molecule has 0 radical (unpaired) electrons. The quantitative estimate of drug-likeness (QED) is 0.306. The normalized spacial score (nSPS) is 40.6. The fraction of sp³-hybridized carbons (Fsp3) is 0.800. The Balaban J connectivity index is 1.34. The molecule has 7 unspecified atom stereocenters. The maximum atomic E-state index is 12.7. The molecule has 5 heteroatoms. The zero-order chi connectivity index (χ0) is 17.4. The van der Waals surface area contributed by atoms with Gasteiger partial charge in [-0.15, -0.1) is 0 Å². The first-order chi connectivity index (χ1) is 12.2. The molecular formula is C20H28O5. The van der Waals surface area contributed by atoms with Crippen molar-refractivity contribution in [1.82, 2.24) is 0 Å². The highest BCUT2D eigenvalue weighted by Crippen LogP contribution is 2.50. The van der Waals surface area contributed by atoms with Gasteiger partial charge in [-0.05, 0) is 62.2 Å². The van der Waals surface area contributed by atoms with Crippen LogP contribution in [0, 0.1) is 41.4 Å². The second kappa shape index (κ2) is 7.10. The Morgan fingerprint density at radius 2 is 1.68 bits per heavy atom. The number of hydrogen-bond donors (Lipinski definition) is 0. The summed E-state index contributed by atoms with van der Waals surface area (Å²) in [6, 6.07) is 0. The molecule has 0 aliphatic heterocycles. The first kappa shape index (κ1) is 17.1. The first-order valence-electron chi connectivity index (χ1n) is 9.76. The molecule has 0 aromatic rings. The van der Waals surface area contributed by atoms with Crippen molar-refractivity contribution in [3.63, 3.8) is 0 Å². The molecule has 7 atom stereocenters. The Labute approximate surface area is 149 Å². The summed E-state index contributed by atoms with van der Waals surface area (Å²) in [7, 11) is 0. The summed E-state index contributed by atoms with van der Waals surface area (Å²) in [4.78, 5) is 25.2. The highest BCUT2D eigenvalue weighted by atomic mass is 16.7. The smallest absolute Gasteiger partial charge is 0.312 e. The fourth-order valence-corrected chi connectivity index (χ4v) is 5.61. The van der Waals surface area contributed by atoms with Gasteiger partial charge in [0.2, 0.25) is 0 Å². The summed E-state index contributed by atoms with van der Waals surface area (Å²) in [5.41, 5.74) is 0. The first-order valence-corrected chi connectivity index (χ1v) is 9.76. The molecule has 0 heterocycles. The van der Waals surface area contributed by atoms with Gasteiger partial charge >= 0.3 is 11.9 Å². The topological polar surface area (TPSA) is 61.8 Å². The van der Waals surface area contributed by atoms with Crippen molar-refractivity contribution >= 4 is 11.9 Å². The molecule has 3 saturated carbocycles. The van der Waals surface area contributed by atoms with Gasteiger partial charge in [0, 0.05) is 6.61 Å². The summed E-state index contributed by atoms with van der Waals surface area (Å²) < 4.78 is 16.0. The highest BCUT2D eigenvalue weighted by molar-refractivity contribution is 5.84. The van der Waals surface area contributed by atoms with Crippen LogP contribution >= 0.6 is 0 Å². The van der Waals surface area contributed by atoms with Gasteiger partial charge in [-0.25, -0.2) is 0 Å². The third-order valence-electron chi connectivity index (χ3n) is 6.82. The van der Waals surface area contributed by atoms with E-state index in [1.807, 2.05) is 6.92 Å². The number of carbonyl (C=O) groups excluding carboxylic acids is 2. The van der Waals surface area contributed by atoms with E-state index in [-0.39, 0.29) is 36.5 Å². The van der Waals surface area contributed by atoms with E-state index in [0.29, 0.717) is 19.1 Å². The lowest BCUT2D eigenvalue weighted by atomic mass is 9.83. The monoisotopic (exact) mass is 348 g/mol.